The van der Waals surface area contributed by atoms with E-state index in [9.17, 15) is 0 Å². The third kappa shape index (κ3) is 3.30. The van der Waals surface area contributed by atoms with Gasteiger partial charge in [-0.15, -0.1) is 22.7 Å². The molecular weight excluding hydrogens is 304 g/mol. The van der Waals surface area contributed by atoms with E-state index in [-0.39, 0.29) is 0 Å². The summed E-state index contributed by atoms with van der Waals surface area (Å²) in [4.78, 5) is 7.12. The highest BCUT2D eigenvalue weighted by molar-refractivity contribution is 9.10. The lowest BCUT2D eigenvalue weighted by atomic mass is 10.2. The molecular formula is C11H13BrN2S2. The first-order valence-corrected chi connectivity index (χ1v) is 7.55. The van der Waals surface area contributed by atoms with Crippen LogP contribution in [0.1, 0.15) is 16.7 Å². The van der Waals surface area contributed by atoms with Crippen LogP contribution in [0.25, 0.3) is 0 Å². The van der Waals surface area contributed by atoms with Gasteiger partial charge in [-0.2, -0.15) is 0 Å². The molecule has 2 heterocycles. The van der Waals surface area contributed by atoms with Gasteiger partial charge in [-0.25, -0.2) is 4.98 Å². The number of thiazole rings is 1. The standard InChI is InChI=1S/C11H13BrN2S2/c1-7(5-9-4-3-8(2)16-9)13-11-14-10(12)6-15-11/h3-4,6-7H,5H2,1-2H3,(H,13,14). The van der Waals surface area contributed by atoms with Crippen molar-refractivity contribution < 1.29 is 0 Å². The molecule has 0 radical (unpaired) electrons. The van der Waals surface area contributed by atoms with Crippen molar-refractivity contribution in [2.75, 3.05) is 5.32 Å². The Morgan fingerprint density at radius 1 is 1.50 bits per heavy atom. The van der Waals surface area contributed by atoms with Gasteiger partial charge >= 0.3 is 0 Å². The Morgan fingerprint density at radius 3 is 2.88 bits per heavy atom. The molecule has 0 saturated heterocycles. The zero-order valence-corrected chi connectivity index (χ0v) is 12.4. The number of aryl methyl sites for hydroxylation is 1. The summed E-state index contributed by atoms with van der Waals surface area (Å²) in [5.74, 6) is 0. The van der Waals surface area contributed by atoms with Crippen molar-refractivity contribution in [2.45, 2.75) is 26.3 Å². The van der Waals surface area contributed by atoms with Crippen LogP contribution in [-0.2, 0) is 6.42 Å². The molecule has 2 aromatic heterocycles. The summed E-state index contributed by atoms with van der Waals surface area (Å²) in [5.41, 5.74) is 0. The van der Waals surface area contributed by atoms with E-state index in [4.69, 9.17) is 0 Å². The van der Waals surface area contributed by atoms with Crippen molar-refractivity contribution in [3.63, 3.8) is 0 Å². The average molecular weight is 317 g/mol. The smallest absolute Gasteiger partial charge is 0.183 e. The van der Waals surface area contributed by atoms with Crippen LogP contribution in [0.3, 0.4) is 0 Å². The van der Waals surface area contributed by atoms with Gasteiger partial charge in [-0.1, -0.05) is 0 Å². The fraction of sp³-hybridized carbons (Fsp3) is 0.364. The van der Waals surface area contributed by atoms with Crippen molar-refractivity contribution in [3.05, 3.63) is 31.9 Å². The first-order chi connectivity index (χ1) is 7.63. The van der Waals surface area contributed by atoms with Crippen LogP contribution >= 0.6 is 38.6 Å². The summed E-state index contributed by atoms with van der Waals surface area (Å²) in [6, 6.07) is 4.79. The Labute approximate surface area is 112 Å². The van der Waals surface area contributed by atoms with Crippen molar-refractivity contribution in [1.29, 1.82) is 0 Å². The third-order valence-electron chi connectivity index (χ3n) is 2.15. The highest BCUT2D eigenvalue weighted by Gasteiger charge is 2.07. The normalized spacial score (nSPS) is 12.7. The molecule has 86 valence electrons. The SMILES string of the molecule is Cc1ccc(CC(C)Nc2nc(Br)cs2)s1. The first kappa shape index (κ1) is 12.1. The van der Waals surface area contributed by atoms with Gasteiger partial charge in [0.2, 0.25) is 0 Å². The number of nitrogens with one attached hydrogen (secondary N) is 1. The van der Waals surface area contributed by atoms with E-state index in [2.05, 4.69) is 52.2 Å². The minimum Gasteiger partial charge on any atom is -0.359 e. The Morgan fingerprint density at radius 2 is 2.31 bits per heavy atom. The highest BCUT2D eigenvalue weighted by Crippen LogP contribution is 2.22. The van der Waals surface area contributed by atoms with E-state index < -0.39 is 0 Å². The molecule has 1 unspecified atom stereocenters. The monoisotopic (exact) mass is 316 g/mol. The first-order valence-electron chi connectivity index (χ1n) is 5.06. The highest BCUT2D eigenvalue weighted by atomic mass is 79.9. The Kier molecular flexibility index (Phi) is 4.00. The largest absolute Gasteiger partial charge is 0.359 e. The number of aromatic nitrogens is 1. The molecule has 1 atom stereocenters. The van der Waals surface area contributed by atoms with Crippen LogP contribution in [0.15, 0.2) is 22.1 Å². The number of rotatable bonds is 4. The van der Waals surface area contributed by atoms with Gasteiger partial charge < -0.3 is 5.32 Å². The molecule has 0 aliphatic carbocycles. The predicted octanol–water partition coefficient (Wildman–Crippen LogP) is 4.32. The van der Waals surface area contributed by atoms with Crippen molar-refractivity contribution in [3.8, 4) is 0 Å². The number of hydrogen-bond donors (Lipinski definition) is 1. The fourth-order valence-corrected chi connectivity index (χ4v) is 3.75. The van der Waals surface area contributed by atoms with E-state index in [1.807, 2.05) is 16.7 Å². The molecule has 1 N–H and O–H groups in total. The van der Waals surface area contributed by atoms with Gasteiger partial charge in [0.15, 0.2) is 5.13 Å². The molecule has 2 nitrogen and oxygen atoms in total. The molecule has 2 aromatic rings. The van der Waals surface area contributed by atoms with Crippen LogP contribution in [0.2, 0.25) is 0 Å². The molecule has 0 amide bonds. The van der Waals surface area contributed by atoms with Gasteiger partial charge in [0, 0.05) is 27.6 Å². The lowest BCUT2D eigenvalue weighted by molar-refractivity contribution is 0.798. The van der Waals surface area contributed by atoms with Gasteiger partial charge in [0.05, 0.1) is 0 Å². The quantitative estimate of drug-likeness (QED) is 0.908. The summed E-state index contributed by atoms with van der Waals surface area (Å²) in [6.45, 7) is 4.33. The lowest BCUT2D eigenvalue weighted by Gasteiger charge is -2.11. The van der Waals surface area contributed by atoms with Crippen molar-refractivity contribution in [2.24, 2.45) is 0 Å². The minimum absolute atomic E-state index is 0.413. The number of anilines is 1. The summed E-state index contributed by atoms with van der Waals surface area (Å²) < 4.78 is 0.902. The van der Waals surface area contributed by atoms with Crippen LogP contribution in [0.4, 0.5) is 5.13 Å². The van der Waals surface area contributed by atoms with E-state index in [1.165, 1.54) is 9.75 Å². The third-order valence-corrected chi connectivity index (χ3v) is 4.66. The van der Waals surface area contributed by atoms with E-state index in [0.29, 0.717) is 6.04 Å². The number of thiophene rings is 1. The van der Waals surface area contributed by atoms with Crippen molar-refractivity contribution >= 4 is 43.7 Å². The van der Waals surface area contributed by atoms with Gasteiger partial charge in [-0.05, 0) is 41.9 Å². The van der Waals surface area contributed by atoms with E-state index in [1.54, 1.807) is 11.3 Å². The Balaban J connectivity index is 1.91. The van der Waals surface area contributed by atoms with Crippen molar-refractivity contribution in [1.82, 2.24) is 4.98 Å². The summed E-state index contributed by atoms with van der Waals surface area (Å²) in [6.07, 6.45) is 1.05. The number of halogens is 1. The second-order valence-corrected chi connectivity index (χ2v) is 6.78. The molecule has 0 saturated carbocycles. The molecule has 0 aromatic carbocycles. The van der Waals surface area contributed by atoms with Gasteiger partial charge in [-0.3, -0.25) is 0 Å². The van der Waals surface area contributed by atoms with Crippen LogP contribution in [-0.4, -0.2) is 11.0 Å². The summed E-state index contributed by atoms with van der Waals surface area (Å²) in [7, 11) is 0. The molecule has 0 bridgehead atoms. The minimum atomic E-state index is 0.413. The maximum Gasteiger partial charge on any atom is 0.183 e. The van der Waals surface area contributed by atoms with Gasteiger partial charge in [0.25, 0.3) is 0 Å². The molecule has 0 fully saturated rings. The van der Waals surface area contributed by atoms with Crippen LogP contribution in [0, 0.1) is 6.92 Å². The molecule has 0 aliphatic heterocycles. The Hall–Kier alpha value is -0.390. The zero-order chi connectivity index (χ0) is 11.5. The molecule has 0 spiro atoms. The molecule has 5 heteroatoms. The average Bonchev–Trinajstić information content (AvgIpc) is 2.76. The fourth-order valence-electron chi connectivity index (χ4n) is 1.48. The van der Waals surface area contributed by atoms with E-state index in [0.717, 1.165) is 16.2 Å². The zero-order valence-electron chi connectivity index (χ0n) is 9.16. The molecule has 0 aliphatic rings. The summed E-state index contributed by atoms with van der Waals surface area (Å²) >= 11 is 6.85. The van der Waals surface area contributed by atoms with E-state index >= 15 is 0 Å². The topological polar surface area (TPSA) is 24.9 Å². The lowest BCUT2D eigenvalue weighted by Crippen LogP contribution is -2.17. The maximum absolute atomic E-state index is 4.32. The van der Waals surface area contributed by atoms with Crippen LogP contribution in [0.5, 0.6) is 0 Å². The predicted molar refractivity (Wildman–Crippen MR) is 75.7 cm³/mol. The van der Waals surface area contributed by atoms with Crippen LogP contribution < -0.4 is 5.32 Å². The molecule has 16 heavy (non-hydrogen) atoms. The molecule has 2 rings (SSSR count). The van der Waals surface area contributed by atoms with Gasteiger partial charge in [0.1, 0.15) is 4.60 Å². The number of hydrogen-bond acceptors (Lipinski definition) is 4. The second kappa shape index (κ2) is 5.29. The number of nitrogens with zero attached hydrogens (tertiary/aromatic N) is 1. The Bertz CT molecular complexity index is 422. The maximum atomic E-state index is 4.32. The second-order valence-electron chi connectivity index (χ2n) is 3.74. The summed E-state index contributed by atoms with van der Waals surface area (Å²) in [5, 5.41) is 6.37.